The molecule has 3 fully saturated rings. The molecular weight excluding hydrogens is 396 g/mol. The van der Waals surface area contributed by atoms with Gasteiger partial charge in [-0.05, 0) is 56.1 Å². The van der Waals surface area contributed by atoms with Gasteiger partial charge in [0.25, 0.3) is 0 Å². The van der Waals surface area contributed by atoms with E-state index in [9.17, 15) is 9.59 Å². The Labute approximate surface area is 183 Å². The molecule has 0 radical (unpaired) electrons. The van der Waals surface area contributed by atoms with Crippen LogP contribution in [0.25, 0.3) is 0 Å². The average molecular weight is 429 g/mol. The van der Waals surface area contributed by atoms with Crippen LogP contribution in [0.15, 0.2) is 24.3 Å². The lowest BCUT2D eigenvalue weighted by Crippen LogP contribution is -2.65. The number of para-hydroxylation sites is 1. The van der Waals surface area contributed by atoms with Crippen molar-refractivity contribution < 1.29 is 23.8 Å². The van der Waals surface area contributed by atoms with Gasteiger partial charge >= 0.3 is 0 Å². The number of morpholine rings is 1. The van der Waals surface area contributed by atoms with E-state index in [0.29, 0.717) is 51.5 Å². The third kappa shape index (κ3) is 4.17. The van der Waals surface area contributed by atoms with Gasteiger partial charge in [-0.25, -0.2) is 0 Å². The van der Waals surface area contributed by atoms with E-state index in [0.717, 1.165) is 31.4 Å². The van der Waals surface area contributed by atoms with Crippen molar-refractivity contribution in [2.75, 3.05) is 33.0 Å². The summed E-state index contributed by atoms with van der Waals surface area (Å²) < 4.78 is 18.1. The number of carbonyl (C=O) groups excluding carboxylic acids is 2. The van der Waals surface area contributed by atoms with Gasteiger partial charge in [-0.2, -0.15) is 0 Å². The highest BCUT2D eigenvalue weighted by Crippen LogP contribution is 2.39. The van der Waals surface area contributed by atoms with Crippen molar-refractivity contribution >= 4 is 11.8 Å². The zero-order valence-electron chi connectivity index (χ0n) is 18.0. The number of hydrogen-bond donors (Lipinski definition) is 1. The minimum Gasteiger partial charge on any atom is -0.493 e. The van der Waals surface area contributed by atoms with Crippen molar-refractivity contribution in [3.63, 3.8) is 0 Å². The third-order valence-corrected chi connectivity index (χ3v) is 7.43. The molecule has 1 aromatic rings. The van der Waals surface area contributed by atoms with Gasteiger partial charge < -0.3 is 24.4 Å². The van der Waals surface area contributed by atoms with Gasteiger partial charge in [-0.15, -0.1) is 0 Å². The molecule has 1 aliphatic carbocycles. The maximum absolute atomic E-state index is 13.1. The third-order valence-electron chi connectivity index (χ3n) is 7.43. The van der Waals surface area contributed by atoms with Gasteiger partial charge in [0.2, 0.25) is 11.8 Å². The summed E-state index contributed by atoms with van der Waals surface area (Å²) in [4.78, 5) is 27.1. The SMILES string of the molecule is O=C1COCC2(CCN3C(=O)CCCOc4ccccc4C4CCC(CC4)OC[C@H]32)N1. The van der Waals surface area contributed by atoms with E-state index in [1.165, 1.54) is 5.56 Å². The van der Waals surface area contributed by atoms with Crippen molar-refractivity contribution in [1.82, 2.24) is 10.2 Å². The standard InChI is InChI=1S/C24H32N2O5/c27-22-15-29-16-24(25-22)11-12-26-21(24)14-31-18-9-7-17(8-10-18)19-4-1-2-5-20(19)30-13-3-6-23(26)28/h1-2,4-5,17-18,21H,3,6-16H2,(H,25,27)/t17?,18?,21-,24?/m0/s1. The fraction of sp³-hybridized carbons (Fsp3) is 0.667. The molecule has 1 saturated carbocycles. The summed E-state index contributed by atoms with van der Waals surface area (Å²) in [6, 6.07) is 8.13. The summed E-state index contributed by atoms with van der Waals surface area (Å²) in [5.41, 5.74) is 0.742. The average Bonchev–Trinajstić information content (AvgIpc) is 3.12. The van der Waals surface area contributed by atoms with E-state index in [-0.39, 0.29) is 30.6 Å². The lowest BCUT2D eigenvalue weighted by Gasteiger charge is -2.41. The van der Waals surface area contributed by atoms with Crippen LogP contribution in [-0.2, 0) is 19.1 Å². The highest BCUT2D eigenvalue weighted by molar-refractivity contribution is 5.80. The molecule has 7 nitrogen and oxygen atoms in total. The van der Waals surface area contributed by atoms with Gasteiger partial charge in [0.05, 0.1) is 37.5 Å². The van der Waals surface area contributed by atoms with Crippen LogP contribution in [-0.4, -0.2) is 67.4 Å². The largest absolute Gasteiger partial charge is 0.493 e. The van der Waals surface area contributed by atoms with E-state index in [4.69, 9.17) is 14.2 Å². The molecule has 31 heavy (non-hydrogen) atoms. The van der Waals surface area contributed by atoms with E-state index in [1.807, 2.05) is 17.0 Å². The lowest BCUT2D eigenvalue weighted by molar-refractivity contribution is -0.143. The number of rotatable bonds is 0. The molecule has 0 aromatic heterocycles. The van der Waals surface area contributed by atoms with E-state index >= 15 is 0 Å². The molecule has 5 aliphatic rings. The highest BCUT2D eigenvalue weighted by atomic mass is 16.5. The Morgan fingerprint density at radius 3 is 2.77 bits per heavy atom. The van der Waals surface area contributed by atoms with Crippen LogP contribution in [0.1, 0.15) is 56.4 Å². The Bertz CT molecular complexity index is 822. The summed E-state index contributed by atoms with van der Waals surface area (Å²) in [5.74, 6) is 1.43. The second-order valence-electron chi connectivity index (χ2n) is 9.35. The normalized spacial score (nSPS) is 34.3. The number of nitrogens with zero attached hydrogens (tertiary/aromatic N) is 1. The number of nitrogens with one attached hydrogen (secondary N) is 1. The second-order valence-corrected chi connectivity index (χ2v) is 9.35. The Balaban J connectivity index is 1.37. The first-order valence-electron chi connectivity index (χ1n) is 11.7. The summed E-state index contributed by atoms with van der Waals surface area (Å²) in [6.07, 6.45) is 6.12. The molecule has 1 unspecified atom stereocenters. The first kappa shape index (κ1) is 20.8. The molecule has 2 bridgehead atoms. The van der Waals surface area contributed by atoms with Crippen LogP contribution in [0, 0.1) is 0 Å². The van der Waals surface area contributed by atoms with Gasteiger partial charge in [-0.3, -0.25) is 9.59 Å². The molecule has 4 aliphatic heterocycles. The van der Waals surface area contributed by atoms with Crippen LogP contribution in [0.2, 0.25) is 0 Å². The fourth-order valence-corrected chi connectivity index (χ4v) is 5.74. The Morgan fingerprint density at radius 1 is 1.10 bits per heavy atom. The summed E-state index contributed by atoms with van der Waals surface area (Å²) in [7, 11) is 0. The molecule has 2 saturated heterocycles. The predicted octanol–water partition coefficient (Wildman–Crippen LogP) is 2.39. The molecule has 1 aromatic carbocycles. The Kier molecular flexibility index (Phi) is 5.89. The second kappa shape index (κ2) is 8.79. The maximum Gasteiger partial charge on any atom is 0.246 e. The molecule has 1 N–H and O–H groups in total. The molecule has 1 spiro atoms. The molecular formula is C24H32N2O5. The molecule has 7 heteroatoms. The van der Waals surface area contributed by atoms with Gasteiger partial charge in [0.1, 0.15) is 12.4 Å². The number of amides is 2. The number of fused-ring (bicyclic) bond motifs is 7. The van der Waals surface area contributed by atoms with Gasteiger partial charge in [0.15, 0.2) is 0 Å². The predicted molar refractivity (Wildman–Crippen MR) is 114 cm³/mol. The number of ether oxygens (including phenoxy) is 3. The first-order chi connectivity index (χ1) is 15.1. The first-order valence-corrected chi connectivity index (χ1v) is 11.7. The maximum atomic E-state index is 13.1. The van der Waals surface area contributed by atoms with E-state index < -0.39 is 5.54 Å². The van der Waals surface area contributed by atoms with Crippen LogP contribution in [0.4, 0.5) is 0 Å². The van der Waals surface area contributed by atoms with Crippen LogP contribution < -0.4 is 10.1 Å². The van der Waals surface area contributed by atoms with E-state index in [1.54, 1.807) is 0 Å². The van der Waals surface area contributed by atoms with Gasteiger partial charge in [-0.1, -0.05) is 18.2 Å². The number of carbonyl (C=O) groups is 2. The van der Waals surface area contributed by atoms with Crippen LogP contribution in [0.3, 0.4) is 0 Å². The van der Waals surface area contributed by atoms with Crippen molar-refractivity contribution in [3.05, 3.63) is 29.8 Å². The smallest absolute Gasteiger partial charge is 0.246 e. The van der Waals surface area contributed by atoms with Crippen molar-refractivity contribution in [3.8, 4) is 5.75 Å². The van der Waals surface area contributed by atoms with Crippen molar-refractivity contribution in [1.29, 1.82) is 0 Å². The lowest BCUT2D eigenvalue weighted by atomic mass is 9.82. The summed E-state index contributed by atoms with van der Waals surface area (Å²) in [6.45, 7) is 2.11. The molecule has 6 rings (SSSR count). The van der Waals surface area contributed by atoms with Crippen LogP contribution in [0.5, 0.6) is 5.75 Å². The number of hydrogen-bond acceptors (Lipinski definition) is 5. The molecule has 168 valence electrons. The summed E-state index contributed by atoms with van der Waals surface area (Å²) >= 11 is 0. The number of benzene rings is 1. The minimum absolute atomic E-state index is 0.0885. The van der Waals surface area contributed by atoms with Crippen LogP contribution >= 0.6 is 0 Å². The quantitative estimate of drug-likeness (QED) is 0.687. The topological polar surface area (TPSA) is 77.1 Å². The zero-order valence-corrected chi connectivity index (χ0v) is 18.0. The summed E-state index contributed by atoms with van der Waals surface area (Å²) in [5, 5.41) is 3.15. The van der Waals surface area contributed by atoms with Gasteiger partial charge in [0, 0.05) is 13.0 Å². The highest BCUT2D eigenvalue weighted by Gasteiger charge is 2.52. The molecule has 2 atom stereocenters. The fourth-order valence-electron chi connectivity index (χ4n) is 5.74. The molecule has 4 heterocycles. The minimum atomic E-state index is -0.539. The van der Waals surface area contributed by atoms with Crippen molar-refractivity contribution in [2.24, 2.45) is 0 Å². The zero-order chi connectivity index (χ0) is 21.3. The Hall–Kier alpha value is -2.12. The van der Waals surface area contributed by atoms with E-state index in [2.05, 4.69) is 17.4 Å². The molecule has 2 amide bonds. The van der Waals surface area contributed by atoms with Crippen molar-refractivity contribution in [2.45, 2.75) is 68.5 Å². The monoisotopic (exact) mass is 428 g/mol. The Morgan fingerprint density at radius 2 is 1.94 bits per heavy atom.